The zero-order chi connectivity index (χ0) is 14.3. The highest BCUT2D eigenvalue weighted by atomic mass is 16.4. The summed E-state index contributed by atoms with van der Waals surface area (Å²) in [7, 11) is 0. The Hall–Kier alpha value is -2.24. The minimum atomic E-state index is -0.907. The molecule has 2 saturated heterocycles. The van der Waals surface area contributed by atoms with Gasteiger partial charge < -0.3 is 20.2 Å². The van der Waals surface area contributed by atoms with Crippen LogP contribution < -0.4 is 10.2 Å². The van der Waals surface area contributed by atoms with Gasteiger partial charge in [-0.3, -0.25) is 0 Å². The van der Waals surface area contributed by atoms with E-state index in [2.05, 4.69) is 10.2 Å². The number of aromatic carboxylic acids is 1. The average Bonchev–Trinajstić information content (AvgIpc) is 2.79. The molecule has 1 aromatic carbocycles. The van der Waals surface area contributed by atoms with Crippen LogP contribution in [0, 0.1) is 6.92 Å². The van der Waals surface area contributed by atoms with Crippen LogP contribution in [-0.4, -0.2) is 54.2 Å². The predicted octanol–water partition coefficient (Wildman–Crippen LogP) is 0.907. The van der Waals surface area contributed by atoms with E-state index in [1.807, 2.05) is 17.9 Å². The van der Waals surface area contributed by atoms with Gasteiger partial charge in [-0.15, -0.1) is 0 Å². The lowest BCUT2D eigenvalue weighted by atomic mass is 10.1. The van der Waals surface area contributed by atoms with Crippen LogP contribution in [0.15, 0.2) is 18.2 Å². The van der Waals surface area contributed by atoms with Gasteiger partial charge >= 0.3 is 12.0 Å². The molecule has 0 bridgehead atoms. The standard InChI is InChI=1S/C14H17N3O3/c1-9-6-10(13(18)19)2-3-12(9)16-4-5-17-11(8-16)7-15-14(17)20/h2-3,6,11H,4-5,7-8H2,1H3,(H,15,20)(H,18,19). The summed E-state index contributed by atoms with van der Waals surface area (Å²) in [5.74, 6) is -0.907. The Bertz CT molecular complexity index is 573. The van der Waals surface area contributed by atoms with Crippen molar-refractivity contribution in [3.05, 3.63) is 29.3 Å². The molecule has 0 radical (unpaired) electrons. The summed E-state index contributed by atoms with van der Waals surface area (Å²) in [6.07, 6.45) is 0. The summed E-state index contributed by atoms with van der Waals surface area (Å²) < 4.78 is 0. The Balaban J connectivity index is 1.80. The fraction of sp³-hybridized carbons (Fsp3) is 0.429. The fourth-order valence-electron chi connectivity index (χ4n) is 2.97. The Morgan fingerprint density at radius 2 is 2.20 bits per heavy atom. The number of aryl methyl sites for hydroxylation is 1. The van der Waals surface area contributed by atoms with Crippen LogP contribution in [0.2, 0.25) is 0 Å². The first-order valence-electron chi connectivity index (χ1n) is 6.69. The summed E-state index contributed by atoms with van der Waals surface area (Å²) >= 11 is 0. The molecular formula is C14H17N3O3. The molecule has 2 amide bonds. The van der Waals surface area contributed by atoms with Crippen molar-refractivity contribution in [3.8, 4) is 0 Å². The number of carbonyl (C=O) groups is 2. The average molecular weight is 275 g/mol. The molecule has 2 aliphatic rings. The van der Waals surface area contributed by atoms with Crippen molar-refractivity contribution < 1.29 is 14.7 Å². The fourth-order valence-corrected chi connectivity index (χ4v) is 2.97. The molecule has 2 aliphatic heterocycles. The van der Waals surface area contributed by atoms with E-state index < -0.39 is 5.97 Å². The number of carbonyl (C=O) groups excluding carboxylic acids is 1. The summed E-state index contributed by atoms with van der Waals surface area (Å²) in [5, 5.41) is 11.9. The number of nitrogens with zero attached hydrogens (tertiary/aromatic N) is 2. The molecule has 0 saturated carbocycles. The minimum absolute atomic E-state index is 0.0209. The third-order valence-corrected chi connectivity index (χ3v) is 4.02. The molecule has 1 unspecified atom stereocenters. The van der Waals surface area contributed by atoms with E-state index in [0.29, 0.717) is 18.7 Å². The molecule has 106 valence electrons. The summed E-state index contributed by atoms with van der Waals surface area (Å²) in [6.45, 7) is 4.87. The normalized spacial score (nSPS) is 21.6. The largest absolute Gasteiger partial charge is 0.478 e. The zero-order valence-corrected chi connectivity index (χ0v) is 11.3. The van der Waals surface area contributed by atoms with E-state index in [1.165, 1.54) is 0 Å². The van der Waals surface area contributed by atoms with Gasteiger partial charge in [0.15, 0.2) is 0 Å². The van der Waals surface area contributed by atoms with Crippen molar-refractivity contribution in [1.29, 1.82) is 0 Å². The van der Waals surface area contributed by atoms with Gasteiger partial charge in [0.2, 0.25) is 0 Å². The third kappa shape index (κ3) is 2.07. The monoisotopic (exact) mass is 275 g/mol. The molecule has 20 heavy (non-hydrogen) atoms. The number of piperazine rings is 1. The van der Waals surface area contributed by atoms with Gasteiger partial charge in [0.1, 0.15) is 0 Å². The number of hydrogen-bond donors (Lipinski definition) is 2. The quantitative estimate of drug-likeness (QED) is 0.841. The third-order valence-electron chi connectivity index (χ3n) is 4.02. The zero-order valence-electron chi connectivity index (χ0n) is 11.3. The summed E-state index contributed by atoms with van der Waals surface area (Å²) in [6, 6.07) is 5.41. The Labute approximate surface area is 117 Å². The van der Waals surface area contributed by atoms with Crippen LogP contribution in [0.3, 0.4) is 0 Å². The molecule has 0 spiro atoms. The number of benzene rings is 1. The summed E-state index contributed by atoms with van der Waals surface area (Å²) in [5.41, 5.74) is 2.31. The van der Waals surface area contributed by atoms with E-state index >= 15 is 0 Å². The number of carboxylic acids is 1. The molecule has 0 aromatic heterocycles. The lowest BCUT2D eigenvalue weighted by molar-refractivity contribution is 0.0696. The highest BCUT2D eigenvalue weighted by Crippen LogP contribution is 2.25. The van der Waals surface area contributed by atoms with Crippen molar-refractivity contribution in [1.82, 2.24) is 10.2 Å². The van der Waals surface area contributed by atoms with Gasteiger partial charge in [-0.05, 0) is 30.7 Å². The number of hydrogen-bond acceptors (Lipinski definition) is 3. The molecule has 1 atom stereocenters. The van der Waals surface area contributed by atoms with Gasteiger partial charge in [-0.2, -0.15) is 0 Å². The van der Waals surface area contributed by atoms with Crippen LogP contribution in [0.5, 0.6) is 0 Å². The second-order valence-electron chi connectivity index (χ2n) is 5.29. The number of anilines is 1. The van der Waals surface area contributed by atoms with Crippen LogP contribution in [-0.2, 0) is 0 Å². The molecule has 6 nitrogen and oxygen atoms in total. The SMILES string of the molecule is Cc1cc(C(=O)O)ccc1N1CCN2C(=O)NCC2C1. The minimum Gasteiger partial charge on any atom is -0.478 e. The molecule has 3 rings (SSSR count). The number of urea groups is 1. The van der Waals surface area contributed by atoms with Gasteiger partial charge in [0.05, 0.1) is 11.6 Å². The highest BCUT2D eigenvalue weighted by molar-refractivity contribution is 5.88. The van der Waals surface area contributed by atoms with Crippen molar-refractivity contribution >= 4 is 17.7 Å². The highest BCUT2D eigenvalue weighted by Gasteiger charge is 2.35. The Kier molecular flexibility index (Phi) is 3.00. The summed E-state index contributed by atoms with van der Waals surface area (Å²) in [4.78, 5) is 26.6. The van der Waals surface area contributed by atoms with E-state index in [4.69, 9.17) is 5.11 Å². The first-order chi connectivity index (χ1) is 9.56. The molecule has 2 N–H and O–H groups in total. The lowest BCUT2D eigenvalue weighted by Crippen LogP contribution is -2.52. The second kappa shape index (κ2) is 4.70. The predicted molar refractivity (Wildman–Crippen MR) is 74.2 cm³/mol. The lowest BCUT2D eigenvalue weighted by Gasteiger charge is -2.38. The van der Waals surface area contributed by atoms with Crippen molar-refractivity contribution in [2.75, 3.05) is 31.1 Å². The van der Waals surface area contributed by atoms with E-state index in [1.54, 1.807) is 12.1 Å². The number of carboxylic acid groups (broad SMARTS) is 1. The van der Waals surface area contributed by atoms with Crippen molar-refractivity contribution in [3.63, 3.8) is 0 Å². The topological polar surface area (TPSA) is 72.9 Å². The smallest absolute Gasteiger partial charge is 0.335 e. The maximum Gasteiger partial charge on any atom is 0.335 e. The maximum absolute atomic E-state index is 11.6. The number of nitrogens with one attached hydrogen (secondary N) is 1. The number of rotatable bonds is 2. The van der Waals surface area contributed by atoms with Crippen LogP contribution in [0.25, 0.3) is 0 Å². The van der Waals surface area contributed by atoms with Crippen LogP contribution >= 0.6 is 0 Å². The molecule has 6 heteroatoms. The number of fused-ring (bicyclic) bond motifs is 1. The first kappa shape index (κ1) is 12.8. The molecule has 1 aromatic rings. The van der Waals surface area contributed by atoms with Crippen molar-refractivity contribution in [2.45, 2.75) is 13.0 Å². The first-order valence-corrected chi connectivity index (χ1v) is 6.69. The van der Waals surface area contributed by atoms with Crippen LogP contribution in [0.1, 0.15) is 15.9 Å². The van der Waals surface area contributed by atoms with Crippen molar-refractivity contribution in [2.24, 2.45) is 0 Å². The molecule has 2 heterocycles. The Morgan fingerprint density at radius 1 is 1.40 bits per heavy atom. The van der Waals surface area contributed by atoms with Gasteiger partial charge in [-0.1, -0.05) is 0 Å². The van der Waals surface area contributed by atoms with Gasteiger partial charge in [0.25, 0.3) is 0 Å². The molecule has 2 fully saturated rings. The molecular weight excluding hydrogens is 258 g/mol. The number of amides is 2. The second-order valence-corrected chi connectivity index (χ2v) is 5.29. The van der Waals surface area contributed by atoms with E-state index in [-0.39, 0.29) is 12.1 Å². The Morgan fingerprint density at radius 3 is 2.90 bits per heavy atom. The van der Waals surface area contributed by atoms with E-state index in [0.717, 1.165) is 24.3 Å². The van der Waals surface area contributed by atoms with Gasteiger partial charge in [-0.25, -0.2) is 9.59 Å². The maximum atomic E-state index is 11.6. The van der Waals surface area contributed by atoms with Gasteiger partial charge in [0, 0.05) is 31.9 Å². The van der Waals surface area contributed by atoms with E-state index in [9.17, 15) is 9.59 Å². The molecule has 0 aliphatic carbocycles. The van der Waals surface area contributed by atoms with Crippen LogP contribution in [0.4, 0.5) is 10.5 Å².